The Morgan fingerprint density at radius 2 is 2.08 bits per heavy atom. The van der Waals surface area contributed by atoms with Crippen LogP contribution in [0.1, 0.15) is 26.2 Å². The van der Waals surface area contributed by atoms with Crippen LogP contribution in [0.5, 0.6) is 0 Å². The zero-order chi connectivity index (χ0) is 9.90. The lowest BCUT2D eigenvalue weighted by molar-refractivity contribution is -0.0980. The van der Waals surface area contributed by atoms with E-state index in [1.54, 1.807) is 0 Å². The molecule has 0 aromatic heterocycles. The Balaban J connectivity index is 2.62. The number of aliphatic hydroxyl groups excluding tert-OH is 2. The van der Waals surface area contributed by atoms with E-state index in [-0.39, 0.29) is 19.1 Å². The molecule has 0 aliphatic heterocycles. The fourth-order valence-electron chi connectivity index (χ4n) is 1.76. The summed E-state index contributed by atoms with van der Waals surface area (Å²) in [5.74, 6) is -0.00815. The van der Waals surface area contributed by atoms with Crippen LogP contribution in [0.4, 0.5) is 0 Å². The molecular weight excluding hydrogens is 168 g/mol. The smallest absolute Gasteiger partial charge is 0.114 e. The van der Waals surface area contributed by atoms with Crippen LogP contribution < -0.4 is 0 Å². The molecule has 1 aliphatic rings. The Kier molecular flexibility index (Phi) is 3.47. The summed E-state index contributed by atoms with van der Waals surface area (Å²) in [6.07, 6.45) is 4.63. The highest BCUT2D eigenvalue weighted by atomic mass is 16.4. The second-order valence-corrected chi connectivity index (χ2v) is 3.94. The largest absolute Gasteiger partial charge is 0.393 e. The van der Waals surface area contributed by atoms with E-state index in [1.807, 2.05) is 0 Å². The minimum Gasteiger partial charge on any atom is -0.393 e. The molecule has 0 aromatic carbocycles. The topological polar surface area (TPSA) is 60.7 Å². The molecule has 0 saturated heterocycles. The number of hydrogen-bond donors (Lipinski definition) is 3. The Hall–Kier alpha value is -0.380. The number of allylic oxidation sites excluding steroid dienone is 2. The summed E-state index contributed by atoms with van der Waals surface area (Å²) in [4.78, 5) is 0. The van der Waals surface area contributed by atoms with Gasteiger partial charge in [0.2, 0.25) is 0 Å². The van der Waals surface area contributed by atoms with Crippen LogP contribution in [-0.4, -0.2) is 34.1 Å². The number of rotatable bonds is 3. The summed E-state index contributed by atoms with van der Waals surface area (Å²) in [6, 6.07) is 0. The van der Waals surface area contributed by atoms with Gasteiger partial charge in [-0.15, -0.1) is 0 Å². The SMILES string of the molecule is CC1=CC[C@H](C(O)(CO)CO)CC1. The third kappa shape index (κ3) is 2.30. The molecular formula is C10H18O3. The van der Waals surface area contributed by atoms with E-state index >= 15 is 0 Å². The van der Waals surface area contributed by atoms with Crippen molar-refractivity contribution in [1.82, 2.24) is 0 Å². The van der Waals surface area contributed by atoms with Crippen LogP contribution in [0.2, 0.25) is 0 Å². The second-order valence-electron chi connectivity index (χ2n) is 3.94. The van der Waals surface area contributed by atoms with Crippen molar-refractivity contribution >= 4 is 0 Å². The van der Waals surface area contributed by atoms with Crippen molar-refractivity contribution in [1.29, 1.82) is 0 Å². The molecule has 1 rings (SSSR count). The van der Waals surface area contributed by atoms with E-state index in [9.17, 15) is 5.11 Å². The third-order valence-electron chi connectivity index (χ3n) is 2.95. The predicted octanol–water partition coefficient (Wildman–Crippen LogP) is 0.449. The quantitative estimate of drug-likeness (QED) is 0.561. The van der Waals surface area contributed by atoms with Gasteiger partial charge in [-0.2, -0.15) is 0 Å². The van der Waals surface area contributed by atoms with E-state index in [2.05, 4.69) is 13.0 Å². The molecule has 1 aliphatic carbocycles. The van der Waals surface area contributed by atoms with Gasteiger partial charge in [0, 0.05) is 0 Å². The van der Waals surface area contributed by atoms with Crippen molar-refractivity contribution in [2.75, 3.05) is 13.2 Å². The zero-order valence-corrected chi connectivity index (χ0v) is 8.03. The van der Waals surface area contributed by atoms with Gasteiger partial charge in [-0.3, -0.25) is 0 Å². The van der Waals surface area contributed by atoms with E-state index in [0.717, 1.165) is 19.3 Å². The summed E-state index contributed by atoms with van der Waals surface area (Å²) >= 11 is 0. The highest BCUT2D eigenvalue weighted by Gasteiger charge is 2.35. The van der Waals surface area contributed by atoms with Crippen molar-refractivity contribution in [3.05, 3.63) is 11.6 Å². The number of hydrogen-bond acceptors (Lipinski definition) is 3. The van der Waals surface area contributed by atoms with Crippen molar-refractivity contribution < 1.29 is 15.3 Å². The highest BCUT2D eigenvalue weighted by molar-refractivity contribution is 5.06. The van der Waals surface area contributed by atoms with E-state index < -0.39 is 5.60 Å². The molecule has 3 N–H and O–H groups in total. The first-order valence-electron chi connectivity index (χ1n) is 4.72. The molecule has 0 aromatic rings. The Morgan fingerprint density at radius 3 is 2.46 bits per heavy atom. The summed E-state index contributed by atoms with van der Waals surface area (Å²) in [7, 11) is 0. The van der Waals surface area contributed by atoms with E-state index in [0.29, 0.717) is 0 Å². The standard InChI is InChI=1S/C10H18O3/c1-8-2-4-9(5-3-8)10(13,6-11)7-12/h2,9,11-13H,3-7H2,1H3/t9-/m0/s1. The lowest BCUT2D eigenvalue weighted by atomic mass is 9.78. The Morgan fingerprint density at radius 1 is 1.46 bits per heavy atom. The monoisotopic (exact) mass is 186 g/mol. The molecule has 0 saturated carbocycles. The van der Waals surface area contributed by atoms with Gasteiger partial charge in [-0.05, 0) is 32.1 Å². The van der Waals surface area contributed by atoms with Crippen LogP contribution in [0.15, 0.2) is 11.6 Å². The van der Waals surface area contributed by atoms with Gasteiger partial charge in [-0.1, -0.05) is 11.6 Å². The minimum absolute atomic E-state index is 0.00815. The van der Waals surface area contributed by atoms with Gasteiger partial charge in [0.05, 0.1) is 13.2 Å². The lowest BCUT2D eigenvalue weighted by Gasteiger charge is -2.34. The summed E-state index contributed by atoms with van der Waals surface area (Å²) < 4.78 is 0. The molecule has 3 heteroatoms. The Labute approximate surface area is 78.7 Å². The molecule has 0 amide bonds. The number of aliphatic hydroxyl groups is 3. The van der Waals surface area contributed by atoms with Crippen LogP contribution >= 0.6 is 0 Å². The first kappa shape index (κ1) is 10.7. The van der Waals surface area contributed by atoms with Gasteiger partial charge in [-0.25, -0.2) is 0 Å². The molecule has 0 bridgehead atoms. The fourth-order valence-corrected chi connectivity index (χ4v) is 1.76. The summed E-state index contributed by atoms with van der Waals surface area (Å²) in [5.41, 5.74) is 0.0338. The van der Waals surface area contributed by atoms with Gasteiger partial charge in [0.15, 0.2) is 0 Å². The molecule has 76 valence electrons. The van der Waals surface area contributed by atoms with Gasteiger partial charge in [0.1, 0.15) is 5.60 Å². The maximum absolute atomic E-state index is 9.81. The first-order chi connectivity index (χ1) is 6.12. The molecule has 13 heavy (non-hydrogen) atoms. The molecule has 0 unspecified atom stereocenters. The van der Waals surface area contributed by atoms with Crippen LogP contribution in [0.3, 0.4) is 0 Å². The second kappa shape index (κ2) is 4.22. The summed E-state index contributed by atoms with van der Waals surface area (Å²) in [5, 5.41) is 27.8. The predicted molar refractivity (Wildman–Crippen MR) is 50.2 cm³/mol. The minimum atomic E-state index is -1.29. The average molecular weight is 186 g/mol. The maximum Gasteiger partial charge on any atom is 0.114 e. The molecule has 0 fully saturated rings. The first-order valence-corrected chi connectivity index (χ1v) is 4.72. The molecule has 0 radical (unpaired) electrons. The normalized spacial score (nSPS) is 24.3. The summed E-state index contributed by atoms with van der Waals surface area (Å²) in [6.45, 7) is 1.34. The van der Waals surface area contributed by atoms with Crippen molar-refractivity contribution in [3.63, 3.8) is 0 Å². The van der Waals surface area contributed by atoms with E-state index in [1.165, 1.54) is 5.57 Å². The zero-order valence-electron chi connectivity index (χ0n) is 8.03. The van der Waals surface area contributed by atoms with Gasteiger partial charge < -0.3 is 15.3 Å². The van der Waals surface area contributed by atoms with Gasteiger partial charge in [0.25, 0.3) is 0 Å². The molecule has 3 nitrogen and oxygen atoms in total. The van der Waals surface area contributed by atoms with E-state index in [4.69, 9.17) is 10.2 Å². The lowest BCUT2D eigenvalue weighted by Crippen LogP contribution is -2.45. The average Bonchev–Trinajstić information content (AvgIpc) is 2.18. The maximum atomic E-state index is 9.81. The van der Waals surface area contributed by atoms with Gasteiger partial charge >= 0.3 is 0 Å². The third-order valence-corrected chi connectivity index (χ3v) is 2.95. The van der Waals surface area contributed by atoms with Crippen LogP contribution in [-0.2, 0) is 0 Å². The molecule has 0 heterocycles. The van der Waals surface area contributed by atoms with Crippen LogP contribution in [0, 0.1) is 5.92 Å². The van der Waals surface area contributed by atoms with Crippen LogP contribution in [0.25, 0.3) is 0 Å². The fraction of sp³-hybridized carbons (Fsp3) is 0.800. The molecule has 1 atom stereocenters. The Bertz CT molecular complexity index is 194. The van der Waals surface area contributed by atoms with Crippen molar-refractivity contribution in [2.45, 2.75) is 31.8 Å². The van der Waals surface area contributed by atoms with Crippen molar-refractivity contribution in [2.24, 2.45) is 5.92 Å². The molecule has 0 spiro atoms. The highest BCUT2D eigenvalue weighted by Crippen LogP contribution is 2.31. The van der Waals surface area contributed by atoms with Crippen molar-refractivity contribution in [3.8, 4) is 0 Å².